The first-order chi connectivity index (χ1) is 9.04. The number of methoxy groups -OCH3 is 2. The Balaban J connectivity index is 2.98. The van der Waals surface area contributed by atoms with E-state index in [4.69, 9.17) is 9.47 Å². The molecule has 1 unspecified atom stereocenters. The van der Waals surface area contributed by atoms with E-state index in [-0.39, 0.29) is 12.3 Å². The van der Waals surface area contributed by atoms with E-state index < -0.39 is 0 Å². The highest BCUT2D eigenvalue weighted by molar-refractivity contribution is 9.10. The van der Waals surface area contributed by atoms with Gasteiger partial charge in [0.25, 0.3) is 0 Å². The molecule has 0 saturated heterocycles. The highest BCUT2D eigenvalue weighted by Gasteiger charge is 2.27. The van der Waals surface area contributed by atoms with Crippen molar-refractivity contribution in [3.05, 3.63) is 16.4 Å². The Morgan fingerprint density at radius 3 is 2.53 bits per heavy atom. The van der Waals surface area contributed by atoms with Crippen molar-refractivity contribution < 1.29 is 9.47 Å². The van der Waals surface area contributed by atoms with Crippen LogP contribution < -0.4 is 5.32 Å². The number of aromatic nitrogens is 2. The van der Waals surface area contributed by atoms with Gasteiger partial charge < -0.3 is 19.7 Å². The van der Waals surface area contributed by atoms with Gasteiger partial charge in [0.1, 0.15) is 6.04 Å². The van der Waals surface area contributed by atoms with Gasteiger partial charge in [0.05, 0.1) is 22.9 Å². The molecule has 110 valence electrons. The minimum Gasteiger partial charge on any atom is -0.354 e. The summed E-state index contributed by atoms with van der Waals surface area (Å²) in [6.45, 7) is 1.73. The third-order valence-electron chi connectivity index (χ3n) is 2.93. The van der Waals surface area contributed by atoms with E-state index in [1.165, 1.54) is 0 Å². The summed E-state index contributed by atoms with van der Waals surface area (Å²) in [5.41, 5.74) is 1.03. The van der Waals surface area contributed by atoms with Gasteiger partial charge in [0.2, 0.25) is 0 Å². The topological polar surface area (TPSA) is 51.6 Å². The van der Waals surface area contributed by atoms with E-state index in [1.807, 2.05) is 25.8 Å². The lowest BCUT2D eigenvalue weighted by atomic mass is 10.2. The van der Waals surface area contributed by atoms with Crippen LogP contribution in [0, 0.1) is 0 Å². The van der Waals surface area contributed by atoms with E-state index in [1.54, 1.807) is 20.4 Å². The summed E-state index contributed by atoms with van der Waals surface area (Å²) in [5, 5.41) is 7.62. The minimum absolute atomic E-state index is 0.0889. The molecule has 0 bridgehead atoms. The summed E-state index contributed by atoms with van der Waals surface area (Å²) in [6, 6.07) is -0.0889. The van der Waals surface area contributed by atoms with E-state index in [2.05, 4.69) is 31.2 Å². The first-order valence-electron chi connectivity index (χ1n) is 6.13. The van der Waals surface area contributed by atoms with E-state index >= 15 is 0 Å². The van der Waals surface area contributed by atoms with Crippen LogP contribution >= 0.6 is 15.9 Å². The molecule has 1 heterocycles. The lowest BCUT2D eigenvalue weighted by molar-refractivity contribution is -0.124. The lowest BCUT2D eigenvalue weighted by Gasteiger charge is -2.26. The van der Waals surface area contributed by atoms with Gasteiger partial charge in [-0.3, -0.25) is 4.68 Å². The summed E-state index contributed by atoms with van der Waals surface area (Å²) < 4.78 is 13.6. The van der Waals surface area contributed by atoms with Gasteiger partial charge >= 0.3 is 0 Å². The molecule has 0 amide bonds. The van der Waals surface area contributed by atoms with Crippen LogP contribution in [0.5, 0.6) is 0 Å². The summed E-state index contributed by atoms with van der Waals surface area (Å²) in [4.78, 5) is 2.12. The third-order valence-corrected chi connectivity index (χ3v) is 3.55. The molecule has 1 aromatic heterocycles. The molecule has 7 heteroatoms. The molecule has 0 radical (unpaired) electrons. The van der Waals surface area contributed by atoms with Crippen molar-refractivity contribution in [3.8, 4) is 0 Å². The fraction of sp³-hybridized carbons (Fsp3) is 0.750. The van der Waals surface area contributed by atoms with Gasteiger partial charge in [-0.2, -0.15) is 5.10 Å². The molecular formula is C12H23BrN4O2. The maximum absolute atomic E-state index is 5.35. The molecule has 0 aliphatic heterocycles. The highest BCUT2D eigenvalue weighted by atomic mass is 79.9. The van der Waals surface area contributed by atoms with E-state index in [0.29, 0.717) is 0 Å². The smallest absolute Gasteiger partial charge is 0.177 e. The van der Waals surface area contributed by atoms with Gasteiger partial charge in [-0.05, 0) is 37.1 Å². The Morgan fingerprint density at radius 2 is 2.05 bits per heavy atom. The number of rotatable bonds is 8. The first kappa shape index (κ1) is 16.6. The lowest BCUT2D eigenvalue weighted by Crippen LogP contribution is -2.35. The molecule has 0 spiro atoms. The van der Waals surface area contributed by atoms with Crippen LogP contribution in [0.1, 0.15) is 11.7 Å². The number of nitrogens with one attached hydrogen (secondary N) is 1. The van der Waals surface area contributed by atoms with Crippen LogP contribution in [0.2, 0.25) is 0 Å². The number of likely N-dealkylation sites (N-methyl/N-ethyl adjacent to an activating group) is 2. The van der Waals surface area contributed by atoms with Crippen molar-refractivity contribution in [3.63, 3.8) is 0 Å². The van der Waals surface area contributed by atoms with Crippen molar-refractivity contribution in [1.82, 2.24) is 20.0 Å². The van der Waals surface area contributed by atoms with Gasteiger partial charge in [0.15, 0.2) is 6.29 Å². The van der Waals surface area contributed by atoms with Gasteiger partial charge in [0, 0.05) is 20.8 Å². The van der Waals surface area contributed by atoms with Crippen LogP contribution in [0.25, 0.3) is 0 Å². The minimum atomic E-state index is -0.365. The molecule has 0 fully saturated rings. The maximum Gasteiger partial charge on any atom is 0.177 e. The molecule has 1 atom stereocenters. The zero-order valence-corrected chi connectivity index (χ0v) is 13.8. The predicted molar refractivity (Wildman–Crippen MR) is 78.1 cm³/mol. The van der Waals surface area contributed by atoms with Crippen molar-refractivity contribution in [2.75, 3.05) is 41.9 Å². The van der Waals surface area contributed by atoms with Gasteiger partial charge in [-0.15, -0.1) is 0 Å². The molecule has 0 aromatic carbocycles. The normalized spacial score (nSPS) is 13.5. The van der Waals surface area contributed by atoms with Crippen molar-refractivity contribution >= 4 is 15.9 Å². The number of ether oxygens (including phenoxy) is 2. The second-order valence-corrected chi connectivity index (χ2v) is 5.36. The van der Waals surface area contributed by atoms with Crippen molar-refractivity contribution in [2.24, 2.45) is 0 Å². The fourth-order valence-electron chi connectivity index (χ4n) is 1.92. The standard InChI is InChI=1S/C12H23BrN4O2/c1-14-10(12(18-4)19-5)11-9(13)8-15-17(11)7-6-16(2)3/h8,10,12,14H,6-7H2,1-5H3. The Hall–Kier alpha value is -0.470. The van der Waals surface area contributed by atoms with Crippen LogP contribution in [-0.4, -0.2) is 62.9 Å². The second-order valence-electron chi connectivity index (χ2n) is 4.51. The van der Waals surface area contributed by atoms with Crippen LogP contribution in [0.3, 0.4) is 0 Å². The first-order valence-corrected chi connectivity index (χ1v) is 6.93. The zero-order chi connectivity index (χ0) is 14.4. The second kappa shape index (κ2) is 7.96. The quantitative estimate of drug-likeness (QED) is 0.721. The molecule has 0 aliphatic carbocycles. The maximum atomic E-state index is 5.35. The van der Waals surface area contributed by atoms with Crippen LogP contribution in [0.4, 0.5) is 0 Å². The Bertz CT molecular complexity index is 380. The molecular weight excluding hydrogens is 312 g/mol. The predicted octanol–water partition coefficient (Wildman–Crippen LogP) is 1.09. The van der Waals surface area contributed by atoms with Gasteiger partial charge in [-0.25, -0.2) is 0 Å². The Labute approximate surface area is 123 Å². The molecule has 1 rings (SSSR count). The number of hydrogen-bond acceptors (Lipinski definition) is 5. The summed E-state index contributed by atoms with van der Waals surface area (Å²) in [5.74, 6) is 0. The van der Waals surface area contributed by atoms with Crippen molar-refractivity contribution in [1.29, 1.82) is 0 Å². The monoisotopic (exact) mass is 334 g/mol. The highest BCUT2D eigenvalue weighted by Crippen LogP contribution is 2.27. The average molecular weight is 335 g/mol. The van der Waals surface area contributed by atoms with Crippen molar-refractivity contribution in [2.45, 2.75) is 18.9 Å². The van der Waals surface area contributed by atoms with Crippen LogP contribution in [-0.2, 0) is 16.0 Å². The van der Waals surface area contributed by atoms with Gasteiger partial charge in [-0.1, -0.05) is 0 Å². The van der Waals surface area contributed by atoms with E-state index in [0.717, 1.165) is 23.3 Å². The third kappa shape index (κ3) is 4.25. The van der Waals surface area contributed by atoms with E-state index in [9.17, 15) is 0 Å². The summed E-state index contributed by atoms with van der Waals surface area (Å²) in [7, 11) is 9.23. The molecule has 19 heavy (non-hydrogen) atoms. The SMILES string of the molecule is CNC(c1c(Br)cnn1CCN(C)C)C(OC)OC. The van der Waals surface area contributed by atoms with Crippen LogP contribution in [0.15, 0.2) is 10.7 Å². The number of nitrogens with zero attached hydrogens (tertiary/aromatic N) is 3. The molecule has 0 saturated carbocycles. The molecule has 1 aromatic rings. The fourth-order valence-corrected chi connectivity index (χ4v) is 2.47. The molecule has 6 nitrogen and oxygen atoms in total. The Kier molecular flexibility index (Phi) is 6.95. The largest absolute Gasteiger partial charge is 0.354 e. The summed E-state index contributed by atoms with van der Waals surface area (Å²) >= 11 is 3.54. The zero-order valence-electron chi connectivity index (χ0n) is 12.2. The molecule has 0 aliphatic rings. The molecule has 1 N–H and O–H groups in total. The average Bonchev–Trinajstić information content (AvgIpc) is 2.74. The number of hydrogen-bond donors (Lipinski definition) is 1. The number of halogens is 1. The Morgan fingerprint density at radius 1 is 1.42 bits per heavy atom. The summed E-state index contributed by atoms with van der Waals surface area (Å²) in [6.07, 6.45) is 1.44.